The van der Waals surface area contributed by atoms with Gasteiger partial charge in [0.15, 0.2) is 0 Å². The summed E-state index contributed by atoms with van der Waals surface area (Å²) in [6.07, 6.45) is 5.37. The van der Waals surface area contributed by atoms with Crippen LogP contribution in [0.25, 0.3) is 0 Å². The molecule has 1 amide bonds. The molecule has 1 saturated carbocycles. The molecular formula is C30H39N3O5. The summed E-state index contributed by atoms with van der Waals surface area (Å²) in [5.41, 5.74) is 3.05. The van der Waals surface area contributed by atoms with Gasteiger partial charge in [-0.25, -0.2) is 4.79 Å². The zero-order valence-electron chi connectivity index (χ0n) is 22.9. The van der Waals surface area contributed by atoms with Crippen LogP contribution in [0.3, 0.4) is 0 Å². The van der Waals surface area contributed by atoms with Gasteiger partial charge in [-0.05, 0) is 51.7 Å². The smallest absolute Gasteiger partial charge is 0.410 e. The van der Waals surface area contributed by atoms with Gasteiger partial charge in [-0.3, -0.25) is 14.7 Å². The van der Waals surface area contributed by atoms with Crippen LogP contribution < -0.4 is 4.74 Å². The number of ether oxygens (including phenoxy) is 3. The fourth-order valence-electron chi connectivity index (χ4n) is 6.08. The van der Waals surface area contributed by atoms with Crippen LogP contribution in [0.2, 0.25) is 0 Å². The van der Waals surface area contributed by atoms with Gasteiger partial charge in [0.1, 0.15) is 17.5 Å². The molecule has 38 heavy (non-hydrogen) atoms. The Bertz CT molecular complexity index is 1150. The Balaban J connectivity index is 1.27. The molecule has 8 nitrogen and oxygen atoms in total. The van der Waals surface area contributed by atoms with E-state index in [4.69, 9.17) is 19.2 Å². The van der Waals surface area contributed by atoms with Crippen molar-refractivity contribution >= 4 is 12.1 Å². The molecule has 2 aliphatic heterocycles. The van der Waals surface area contributed by atoms with E-state index >= 15 is 0 Å². The first-order chi connectivity index (χ1) is 18.1. The summed E-state index contributed by atoms with van der Waals surface area (Å²) in [6.45, 7) is 8.80. The van der Waals surface area contributed by atoms with Crippen molar-refractivity contribution in [1.82, 2.24) is 14.8 Å². The fourth-order valence-corrected chi connectivity index (χ4v) is 6.08. The van der Waals surface area contributed by atoms with Crippen molar-refractivity contribution in [2.45, 2.75) is 77.2 Å². The Hall–Kier alpha value is -3.13. The van der Waals surface area contributed by atoms with E-state index in [-0.39, 0.29) is 29.6 Å². The SMILES string of the molecule is COC(=O)CCC1c2c(OC3CC4(C3)CN(C(=O)OC(C)(C)C)C4)ccnc2CCN1Cc1ccccc1. The van der Waals surface area contributed by atoms with Crippen molar-refractivity contribution < 1.29 is 23.8 Å². The largest absolute Gasteiger partial charge is 0.490 e. The number of hydrogen-bond donors (Lipinski definition) is 0. The minimum Gasteiger partial charge on any atom is -0.490 e. The van der Waals surface area contributed by atoms with E-state index in [1.54, 1.807) is 4.90 Å². The number of fused-ring (bicyclic) bond motifs is 1. The molecule has 1 aromatic heterocycles. The number of aromatic nitrogens is 1. The number of benzene rings is 1. The van der Waals surface area contributed by atoms with Gasteiger partial charge in [0, 0.05) is 62.2 Å². The standard InChI is InChI=1S/C30H39N3O5/c1-29(2,3)38-28(35)33-19-30(20-33)16-22(17-30)37-25-12-14-31-23-13-15-32(18-21-8-6-5-7-9-21)24(27(23)25)10-11-26(34)36-4/h5-9,12,14,22,24H,10-11,13,15-20H2,1-4H3. The van der Waals surface area contributed by atoms with Gasteiger partial charge < -0.3 is 19.1 Å². The van der Waals surface area contributed by atoms with Crippen molar-refractivity contribution in [3.8, 4) is 5.75 Å². The van der Waals surface area contributed by atoms with Crippen molar-refractivity contribution in [1.29, 1.82) is 0 Å². The molecule has 0 radical (unpaired) electrons. The van der Waals surface area contributed by atoms with E-state index in [1.807, 2.05) is 39.1 Å². The molecule has 1 atom stereocenters. The number of esters is 1. The monoisotopic (exact) mass is 521 g/mol. The molecule has 0 bridgehead atoms. The number of amides is 1. The van der Waals surface area contributed by atoms with Gasteiger partial charge in [-0.1, -0.05) is 30.3 Å². The molecule has 8 heteroatoms. The molecule has 2 fully saturated rings. The summed E-state index contributed by atoms with van der Waals surface area (Å²) in [6, 6.07) is 12.4. The number of rotatable bonds is 7. The van der Waals surface area contributed by atoms with Crippen molar-refractivity contribution in [2.75, 3.05) is 26.7 Å². The maximum atomic E-state index is 12.4. The van der Waals surface area contributed by atoms with E-state index in [0.29, 0.717) is 12.8 Å². The molecule has 5 rings (SSSR count). The van der Waals surface area contributed by atoms with E-state index < -0.39 is 5.60 Å². The molecule has 1 aromatic carbocycles. The number of methoxy groups -OCH3 is 1. The minimum absolute atomic E-state index is 0.0159. The van der Waals surface area contributed by atoms with Crippen LogP contribution in [0.4, 0.5) is 4.79 Å². The molecule has 1 unspecified atom stereocenters. The van der Waals surface area contributed by atoms with Crippen LogP contribution >= 0.6 is 0 Å². The topological polar surface area (TPSA) is 81.2 Å². The molecule has 1 spiro atoms. The first-order valence-electron chi connectivity index (χ1n) is 13.6. The van der Waals surface area contributed by atoms with E-state index in [1.165, 1.54) is 12.7 Å². The molecule has 2 aromatic rings. The average molecular weight is 522 g/mol. The van der Waals surface area contributed by atoms with Gasteiger partial charge in [0.05, 0.1) is 12.8 Å². The molecule has 3 aliphatic rings. The fraction of sp³-hybridized carbons (Fsp3) is 0.567. The van der Waals surface area contributed by atoms with Crippen LogP contribution in [-0.2, 0) is 27.2 Å². The lowest BCUT2D eigenvalue weighted by atomic mass is 9.62. The molecular weight excluding hydrogens is 482 g/mol. The Morgan fingerprint density at radius 3 is 2.53 bits per heavy atom. The Morgan fingerprint density at radius 1 is 1.11 bits per heavy atom. The number of hydrogen-bond acceptors (Lipinski definition) is 7. The number of likely N-dealkylation sites (tertiary alicyclic amines) is 1. The molecule has 3 heterocycles. The van der Waals surface area contributed by atoms with Crippen LogP contribution in [0, 0.1) is 5.41 Å². The maximum Gasteiger partial charge on any atom is 0.410 e. The molecule has 1 saturated heterocycles. The summed E-state index contributed by atoms with van der Waals surface area (Å²) in [5.74, 6) is 0.661. The highest BCUT2D eigenvalue weighted by molar-refractivity contribution is 5.70. The van der Waals surface area contributed by atoms with E-state index in [9.17, 15) is 9.59 Å². The van der Waals surface area contributed by atoms with Crippen molar-refractivity contribution in [3.05, 3.63) is 59.4 Å². The zero-order chi connectivity index (χ0) is 26.9. The van der Waals surface area contributed by atoms with Crippen LogP contribution in [0.1, 0.15) is 69.3 Å². The second kappa shape index (κ2) is 10.6. The Labute approximate surface area is 225 Å². The summed E-state index contributed by atoms with van der Waals surface area (Å²) < 4.78 is 17.1. The lowest BCUT2D eigenvalue weighted by Crippen LogP contribution is -2.66. The lowest BCUT2D eigenvalue weighted by Gasteiger charge is -2.58. The average Bonchev–Trinajstić information content (AvgIpc) is 2.83. The summed E-state index contributed by atoms with van der Waals surface area (Å²) in [4.78, 5) is 33.4. The third-order valence-corrected chi connectivity index (χ3v) is 7.84. The first-order valence-corrected chi connectivity index (χ1v) is 13.6. The highest BCUT2D eigenvalue weighted by Crippen LogP contribution is 2.51. The number of carbonyl (C=O) groups excluding carboxylic acids is 2. The Kier molecular flexibility index (Phi) is 7.36. The highest BCUT2D eigenvalue weighted by atomic mass is 16.6. The van der Waals surface area contributed by atoms with E-state index in [2.05, 4.69) is 29.2 Å². The Morgan fingerprint density at radius 2 is 1.84 bits per heavy atom. The van der Waals surface area contributed by atoms with Crippen LogP contribution in [-0.4, -0.2) is 65.3 Å². The minimum atomic E-state index is -0.482. The second-order valence-corrected chi connectivity index (χ2v) is 12.0. The van der Waals surface area contributed by atoms with Gasteiger partial charge in [-0.2, -0.15) is 0 Å². The van der Waals surface area contributed by atoms with Gasteiger partial charge in [0.25, 0.3) is 0 Å². The highest BCUT2D eigenvalue weighted by Gasteiger charge is 2.55. The molecule has 0 N–H and O–H groups in total. The van der Waals surface area contributed by atoms with Crippen LogP contribution in [0.15, 0.2) is 42.6 Å². The summed E-state index contributed by atoms with van der Waals surface area (Å²) >= 11 is 0. The van der Waals surface area contributed by atoms with Crippen LogP contribution in [0.5, 0.6) is 5.75 Å². The van der Waals surface area contributed by atoms with Gasteiger partial charge >= 0.3 is 12.1 Å². The number of nitrogens with zero attached hydrogens (tertiary/aromatic N) is 3. The third-order valence-electron chi connectivity index (χ3n) is 7.84. The van der Waals surface area contributed by atoms with Gasteiger partial charge in [-0.15, -0.1) is 0 Å². The number of carbonyl (C=O) groups is 2. The third kappa shape index (κ3) is 5.80. The zero-order valence-corrected chi connectivity index (χ0v) is 22.9. The molecule has 204 valence electrons. The maximum absolute atomic E-state index is 12.4. The first kappa shape index (κ1) is 26.5. The lowest BCUT2D eigenvalue weighted by molar-refractivity contribution is -0.141. The summed E-state index contributed by atoms with van der Waals surface area (Å²) in [5, 5.41) is 0. The van der Waals surface area contributed by atoms with Crippen molar-refractivity contribution in [3.63, 3.8) is 0 Å². The quantitative estimate of drug-likeness (QED) is 0.479. The van der Waals surface area contributed by atoms with Crippen molar-refractivity contribution in [2.24, 2.45) is 5.41 Å². The second-order valence-electron chi connectivity index (χ2n) is 12.0. The number of pyridine rings is 1. The van der Waals surface area contributed by atoms with E-state index in [0.717, 1.165) is 62.4 Å². The normalized spacial score (nSPS) is 20.7. The predicted molar refractivity (Wildman–Crippen MR) is 143 cm³/mol. The molecule has 1 aliphatic carbocycles. The summed E-state index contributed by atoms with van der Waals surface area (Å²) in [7, 11) is 1.44. The predicted octanol–water partition coefficient (Wildman–Crippen LogP) is 4.91. The van der Waals surface area contributed by atoms with Gasteiger partial charge in [0.2, 0.25) is 0 Å².